The van der Waals surface area contributed by atoms with Gasteiger partial charge in [0.2, 0.25) is 11.8 Å². The van der Waals surface area contributed by atoms with Crippen LogP contribution in [0.25, 0.3) is 11.0 Å². The highest BCUT2D eigenvalue weighted by atomic mass is 16.5. The highest BCUT2D eigenvalue weighted by molar-refractivity contribution is 5.82. The first kappa shape index (κ1) is 18.3. The lowest BCUT2D eigenvalue weighted by atomic mass is 10.3. The van der Waals surface area contributed by atoms with Gasteiger partial charge in [0.05, 0.1) is 30.3 Å². The second kappa shape index (κ2) is 8.29. The van der Waals surface area contributed by atoms with Crippen LogP contribution in [0.3, 0.4) is 0 Å². The second-order valence-corrected chi connectivity index (χ2v) is 6.26. The summed E-state index contributed by atoms with van der Waals surface area (Å²) in [4.78, 5) is 31.0. The molecule has 1 aliphatic rings. The van der Waals surface area contributed by atoms with Crippen LogP contribution in [0.1, 0.15) is 18.8 Å². The number of carbonyl (C=O) groups is 2. The number of nitrogens with one attached hydrogen (secondary N) is 1. The molecule has 1 aliphatic heterocycles. The molecule has 1 saturated heterocycles. The van der Waals surface area contributed by atoms with E-state index in [0.29, 0.717) is 32.1 Å². The van der Waals surface area contributed by atoms with E-state index in [0.717, 1.165) is 11.0 Å². The van der Waals surface area contributed by atoms with E-state index in [1.165, 1.54) is 7.11 Å². The van der Waals surface area contributed by atoms with Crippen LogP contribution in [0, 0.1) is 0 Å². The average molecular weight is 360 g/mol. The summed E-state index contributed by atoms with van der Waals surface area (Å²) in [5.74, 6) is 0.448. The lowest BCUT2D eigenvalue weighted by molar-refractivity contribution is -0.135. The van der Waals surface area contributed by atoms with Crippen LogP contribution >= 0.6 is 0 Å². The Morgan fingerprint density at radius 2 is 2.04 bits per heavy atom. The Kier molecular flexibility index (Phi) is 5.85. The molecule has 1 aromatic heterocycles. The standard InChI is InChI=1S/C18H24N4O4/c1-13(19-16(23)12-25-2)18-20-14-5-3-4-6-15(14)22(18)11-17(24)21-7-9-26-10-8-21/h3-6,13H,7-12H2,1-2H3,(H,19,23). The quantitative estimate of drug-likeness (QED) is 0.820. The van der Waals surface area contributed by atoms with Crippen LogP contribution in [-0.2, 0) is 25.6 Å². The SMILES string of the molecule is COCC(=O)NC(C)c1nc2ccccc2n1CC(=O)N1CCOCC1. The van der Waals surface area contributed by atoms with Gasteiger partial charge in [0, 0.05) is 20.2 Å². The number of imidazole rings is 1. The molecule has 0 radical (unpaired) electrons. The summed E-state index contributed by atoms with van der Waals surface area (Å²) < 4.78 is 12.1. The van der Waals surface area contributed by atoms with Gasteiger partial charge in [0.1, 0.15) is 19.0 Å². The number of fused-ring (bicyclic) bond motifs is 1. The Bertz CT molecular complexity index is 783. The van der Waals surface area contributed by atoms with Gasteiger partial charge in [-0.05, 0) is 19.1 Å². The van der Waals surface area contributed by atoms with Gasteiger partial charge in [-0.25, -0.2) is 4.98 Å². The number of methoxy groups -OCH3 is 1. The summed E-state index contributed by atoms with van der Waals surface area (Å²) in [6.07, 6.45) is 0. The minimum absolute atomic E-state index is 0.0166. The van der Waals surface area contributed by atoms with Crippen LogP contribution < -0.4 is 5.32 Å². The molecule has 1 atom stereocenters. The van der Waals surface area contributed by atoms with Crippen molar-refractivity contribution >= 4 is 22.8 Å². The maximum atomic E-state index is 12.7. The summed E-state index contributed by atoms with van der Waals surface area (Å²) in [6.45, 7) is 4.34. The Balaban J connectivity index is 1.86. The Morgan fingerprint density at radius 3 is 2.77 bits per heavy atom. The number of hydrogen-bond donors (Lipinski definition) is 1. The van der Waals surface area contributed by atoms with E-state index in [-0.39, 0.29) is 31.0 Å². The van der Waals surface area contributed by atoms with E-state index in [1.807, 2.05) is 35.8 Å². The molecule has 8 nitrogen and oxygen atoms in total. The fourth-order valence-electron chi connectivity index (χ4n) is 3.12. The van der Waals surface area contributed by atoms with Crippen LogP contribution in [-0.4, -0.2) is 66.3 Å². The summed E-state index contributed by atoms with van der Waals surface area (Å²) in [7, 11) is 1.47. The number of carbonyl (C=O) groups excluding carboxylic acids is 2. The second-order valence-electron chi connectivity index (χ2n) is 6.26. The molecule has 2 heterocycles. The molecule has 3 rings (SSSR count). The van der Waals surface area contributed by atoms with Crippen molar-refractivity contribution in [2.75, 3.05) is 40.0 Å². The molecule has 1 aromatic carbocycles. The average Bonchev–Trinajstić information content (AvgIpc) is 3.01. The minimum atomic E-state index is -0.345. The Morgan fingerprint density at radius 1 is 1.31 bits per heavy atom. The maximum Gasteiger partial charge on any atom is 0.246 e. The molecule has 2 amide bonds. The summed E-state index contributed by atoms with van der Waals surface area (Å²) >= 11 is 0. The van der Waals surface area contributed by atoms with Gasteiger partial charge in [-0.2, -0.15) is 0 Å². The Labute approximate surface area is 152 Å². The highest BCUT2D eigenvalue weighted by Gasteiger charge is 2.23. The third-order valence-corrected chi connectivity index (χ3v) is 4.38. The summed E-state index contributed by atoms with van der Waals surface area (Å²) in [6, 6.07) is 7.31. The molecule has 1 fully saturated rings. The molecular formula is C18H24N4O4. The first-order valence-electron chi connectivity index (χ1n) is 8.69. The van der Waals surface area contributed by atoms with Crippen molar-refractivity contribution in [2.45, 2.75) is 19.5 Å². The van der Waals surface area contributed by atoms with Gasteiger partial charge in [0.25, 0.3) is 0 Å². The summed E-state index contributed by atoms with van der Waals surface area (Å²) in [5, 5.41) is 2.86. The van der Waals surface area contributed by atoms with Gasteiger partial charge in [-0.1, -0.05) is 12.1 Å². The number of morpholine rings is 1. The summed E-state index contributed by atoms with van der Waals surface area (Å²) in [5.41, 5.74) is 1.67. The van der Waals surface area contributed by atoms with E-state index in [2.05, 4.69) is 10.3 Å². The molecule has 1 unspecified atom stereocenters. The van der Waals surface area contributed by atoms with E-state index in [9.17, 15) is 9.59 Å². The fraction of sp³-hybridized carbons (Fsp3) is 0.500. The number of para-hydroxylation sites is 2. The van der Waals surface area contributed by atoms with Crippen molar-refractivity contribution in [2.24, 2.45) is 0 Å². The molecule has 0 spiro atoms. The molecule has 2 aromatic rings. The molecule has 26 heavy (non-hydrogen) atoms. The molecule has 1 N–H and O–H groups in total. The zero-order chi connectivity index (χ0) is 18.5. The van der Waals surface area contributed by atoms with E-state index >= 15 is 0 Å². The molecule has 8 heteroatoms. The molecule has 0 saturated carbocycles. The van der Waals surface area contributed by atoms with Gasteiger partial charge in [0.15, 0.2) is 0 Å². The molecule has 0 bridgehead atoms. The predicted molar refractivity (Wildman–Crippen MR) is 95.6 cm³/mol. The van der Waals surface area contributed by atoms with Gasteiger partial charge in [-0.3, -0.25) is 9.59 Å². The van der Waals surface area contributed by atoms with Crippen LogP contribution in [0.15, 0.2) is 24.3 Å². The zero-order valence-electron chi connectivity index (χ0n) is 15.1. The van der Waals surface area contributed by atoms with Crippen molar-refractivity contribution in [3.8, 4) is 0 Å². The van der Waals surface area contributed by atoms with Gasteiger partial charge < -0.3 is 24.3 Å². The van der Waals surface area contributed by atoms with Crippen molar-refractivity contribution in [1.29, 1.82) is 0 Å². The lowest BCUT2D eigenvalue weighted by Crippen LogP contribution is -2.42. The smallest absolute Gasteiger partial charge is 0.246 e. The highest BCUT2D eigenvalue weighted by Crippen LogP contribution is 2.21. The number of ether oxygens (including phenoxy) is 2. The van der Waals surface area contributed by atoms with Crippen molar-refractivity contribution in [3.63, 3.8) is 0 Å². The molecule has 140 valence electrons. The number of amides is 2. The van der Waals surface area contributed by atoms with Crippen molar-refractivity contribution in [1.82, 2.24) is 19.8 Å². The first-order valence-corrected chi connectivity index (χ1v) is 8.69. The monoisotopic (exact) mass is 360 g/mol. The predicted octanol–water partition coefficient (Wildman–Crippen LogP) is 0.719. The van der Waals surface area contributed by atoms with Crippen molar-refractivity contribution < 1.29 is 19.1 Å². The fourth-order valence-corrected chi connectivity index (χ4v) is 3.12. The Hall–Kier alpha value is -2.45. The first-order chi connectivity index (χ1) is 12.6. The lowest BCUT2D eigenvalue weighted by Gasteiger charge is -2.27. The number of rotatable bonds is 6. The zero-order valence-corrected chi connectivity index (χ0v) is 15.1. The van der Waals surface area contributed by atoms with Gasteiger partial charge >= 0.3 is 0 Å². The topological polar surface area (TPSA) is 85.7 Å². The van der Waals surface area contributed by atoms with Gasteiger partial charge in [-0.15, -0.1) is 0 Å². The number of benzene rings is 1. The largest absolute Gasteiger partial charge is 0.378 e. The van der Waals surface area contributed by atoms with E-state index in [4.69, 9.17) is 9.47 Å². The number of hydrogen-bond acceptors (Lipinski definition) is 5. The van der Waals surface area contributed by atoms with Crippen molar-refractivity contribution in [3.05, 3.63) is 30.1 Å². The third-order valence-electron chi connectivity index (χ3n) is 4.38. The number of nitrogens with zero attached hydrogens (tertiary/aromatic N) is 3. The van der Waals surface area contributed by atoms with E-state index in [1.54, 1.807) is 4.90 Å². The normalized spacial score (nSPS) is 15.8. The van der Waals surface area contributed by atoms with E-state index < -0.39 is 0 Å². The molecule has 0 aliphatic carbocycles. The molecular weight excluding hydrogens is 336 g/mol. The maximum absolute atomic E-state index is 12.7. The number of aromatic nitrogens is 2. The van der Waals surface area contributed by atoms with Crippen LogP contribution in [0.2, 0.25) is 0 Å². The third kappa shape index (κ3) is 4.03. The van der Waals surface area contributed by atoms with Crippen LogP contribution in [0.5, 0.6) is 0 Å². The van der Waals surface area contributed by atoms with Crippen LogP contribution in [0.4, 0.5) is 0 Å². The minimum Gasteiger partial charge on any atom is -0.378 e.